The summed E-state index contributed by atoms with van der Waals surface area (Å²) in [6.07, 6.45) is 2.65. The third kappa shape index (κ3) is 2.43. The van der Waals surface area contributed by atoms with Gasteiger partial charge in [-0.1, -0.05) is 19.9 Å². The van der Waals surface area contributed by atoms with Crippen molar-refractivity contribution in [3.8, 4) is 23.0 Å². The zero-order valence-corrected chi connectivity index (χ0v) is 14.9. The number of hydrogen-bond acceptors (Lipinski definition) is 4. The zero-order chi connectivity index (χ0) is 17.8. The molecule has 4 heteroatoms. The first kappa shape index (κ1) is 16.1. The van der Waals surface area contributed by atoms with Crippen molar-refractivity contribution in [2.45, 2.75) is 44.6 Å². The summed E-state index contributed by atoms with van der Waals surface area (Å²) in [5.74, 6) is 2.08. The Hall–Kier alpha value is -2.36. The van der Waals surface area contributed by atoms with Crippen LogP contribution in [0.3, 0.4) is 0 Å². The van der Waals surface area contributed by atoms with E-state index in [4.69, 9.17) is 9.47 Å². The fourth-order valence-electron chi connectivity index (χ4n) is 4.46. The van der Waals surface area contributed by atoms with E-state index >= 15 is 0 Å². The van der Waals surface area contributed by atoms with Crippen molar-refractivity contribution < 1.29 is 19.7 Å². The lowest BCUT2D eigenvalue weighted by molar-refractivity contribution is -0.0426. The van der Waals surface area contributed by atoms with Gasteiger partial charge in [0.15, 0.2) is 0 Å². The van der Waals surface area contributed by atoms with Crippen LogP contribution in [-0.4, -0.2) is 17.3 Å². The fourth-order valence-corrected chi connectivity index (χ4v) is 4.46. The molecule has 4 rings (SSSR count). The van der Waals surface area contributed by atoms with Crippen LogP contribution in [0.25, 0.3) is 0 Å². The third-order valence-corrected chi connectivity index (χ3v) is 6.02. The average Bonchev–Trinajstić information content (AvgIpc) is 2.58. The van der Waals surface area contributed by atoms with Gasteiger partial charge in [0.05, 0.1) is 7.11 Å². The van der Waals surface area contributed by atoms with Gasteiger partial charge in [-0.2, -0.15) is 0 Å². The Bertz CT molecular complexity index is 827. The van der Waals surface area contributed by atoms with E-state index in [2.05, 4.69) is 19.9 Å². The Morgan fingerprint density at radius 3 is 2.60 bits per heavy atom. The number of phenols is 2. The van der Waals surface area contributed by atoms with Gasteiger partial charge in [0.2, 0.25) is 0 Å². The topological polar surface area (TPSA) is 58.9 Å². The number of aromatic hydroxyl groups is 2. The van der Waals surface area contributed by atoms with Crippen molar-refractivity contribution in [2.75, 3.05) is 7.11 Å². The number of rotatable bonds is 2. The van der Waals surface area contributed by atoms with Crippen molar-refractivity contribution in [1.29, 1.82) is 0 Å². The molecular formula is C21H24O4. The first-order valence-corrected chi connectivity index (χ1v) is 8.74. The summed E-state index contributed by atoms with van der Waals surface area (Å²) in [6.45, 7) is 4.61. The first-order chi connectivity index (χ1) is 11.8. The highest BCUT2D eigenvalue weighted by Gasteiger charge is 2.52. The summed E-state index contributed by atoms with van der Waals surface area (Å²) in [5.41, 5.74) is 1.54. The molecule has 1 saturated carbocycles. The number of benzene rings is 2. The summed E-state index contributed by atoms with van der Waals surface area (Å²) in [4.78, 5) is 0. The van der Waals surface area contributed by atoms with Gasteiger partial charge in [0.1, 0.15) is 28.6 Å². The maximum absolute atomic E-state index is 10.5. The fraction of sp³-hybridized carbons (Fsp3) is 0.429. The lowest BCUT2D eigenvalue weighted by Crippen LogP contribution is -2.47. The van der Waals surface area contributed by atoms with Crippen LogP contribution < -0.4 is 9.47 Å². The van der Waals surface area contributed by atoms with Gasteiger partial charge in [-0.15, -0.1) is 0 Å². The van der Waals surface area contributed by atoms with Crippen LogP contribution in [0.1, 0.15) is 50.2 Å². The quantitative estimate of drug-likeness (QED) is 0.833. The minimum Gasteiger partial charge on any atom is -0.508 e. The molecule has 0 amide bonds. The number of phenolic OH excluding ortho intramolecular Hbond substituents is 2. The predicted octanol–water partition coefficient (Wildman–Crippen LogP) is 4.69. The Morgan fingerprint density at radius 2 is 1.88 bits per heavy atom. The molecule has 0 spiro atoms. The number of hydrogen-bond donors (Lipinski definition) is 2. The second-order valence-electron chi connectivity index (χ2n) is 7.95. The molecule has 2 bridgehead atoms. The molecule has 25 heavy (non-hydrogen) atoms. The summed E-state index contributed by atoms with van der Waals surface area (Å²) in [5, 5.41) is 20.1. The molecule has 2 aromatic rings. The normalized spacial score (nSPS) is 26.4. The van der Waals surface area contributed by atoms with Gasteiger partial charge >= 0.3 is 0 Å². The van der Waals surface area contributed by atoms with Gasteiger partial charge in [-0.05, 0) is 54.4 Å². The monoisotopic (exact) mass is 340 g/mol. The summed E-state index contributed by atoms with van der Waals surface area (Å²) in [7, 11) is 1.65. The Kier molecular flexibility index (Phi) is 3.43. The molecule has 1 heterocycles. The van der Waals surface area contributed by atoms with E-state index in [-0.39, 0.29) is 16.9 Å². The molecule has 2 aromatic carbocycles. The molecule has 2 N–H and O–H groups in total. The van der Waals surface area contributed by atoms with E-state index in [9.17, 15) is 10.2 Å². The molecule has 132 valence electrons. The van der Waals surface area contributed by atoms with E-state index in [0.29, 0.717) is 5.92 Å². The lowest BCUT2D eigenvalue weighted by Gasteiger charge is -2.53. The van der Waals surface area contributed by atoms with Crippen LogP contribution in [0.5, 0.6) is 23.0 Å². The average molecular weight is 340 g/mol. The maximum atomic E-state index is 10.5. The number of methoxy groups -OCH3 is 1. The van der Waals surface area contributed by atoms with Crippen molar-refractivity contribution in [3.63, 3.8) is 0 Å². The van der Waals surface area contributed by atoms with Crippen LogP contribution in [-0.2, 0) is 5.60 Å². The second kappa shape index (κ2) is 5.32. The Labute approximate surface area is 148 Å². The predicted molar refractivity (Wildman–Crippen MR) is 95.4 cm³/mol. The van der Waals surface area contributed by atoms with Crippen LogP contribution >= 0.6 is 0 Å². The van der Waals surface area contributed by atoms with E-state index in [1.165, 1.54) is 11.6 Å². The van der Waals surface area contributed by atoms with Gasteiger partial charge in [0.25, 0.3) is 0 Å². The molecule has 1 aliphatic heterocycles. The third-order valence-electron chi connectivity index (χ3n) is 6.02. The van der Waals surface area contributed by atoms with Crippen molar-refractivity contribution >= 4 is 0 Å². The van der Waals surface area contributed by atoms with E-state index in [1.54, 1.807) is 19.2 Å². The highest BCUT2D eigenvalue weighted by molar-refractivity contribution is 5.50. The van der Waals surface area contributed by atoms with Gasteiger partial charge in [0, 0.05) is 17.7 Å². The number of ether oxygens (including phenoxy) is 2. The van der Waals surface area contributed by atoms with Gasteiger partial charge in [-0.25, -0.2) is 0 Å². The highest BCUT2D eigenvalue weighted by Crippen LogP contribution is 2.61. The van der Waals surface area contributed by atoms with Crippen molar-refractivity contribution in [3.05, 3.63) is 47.5 Å². The second-order valence-corrected chi connectivity index (χ2v) is 7.95. The van der Waals surface area contributed by atoms with Gasteiger partial charge in [-0.3, -0.25) is 0 Å². The van der Waals surface area contributed by atoms with Crippen LogP contribution in [0.4, 0.5) is 0 Å². The maximum Gasteiger partial charge on any atom is 0.138 e. The van der Waals surface area contributed by atoms with E-state index in [0.717, 1.165) is 36.3 Å². The largest absolute Gasteiger partial charge is 0.508 e. The molecule has 1 aliphatic carbocycles. The van der Waals surface area contributed by atoms with Crippen molar-refractivity contribution in [1.82, 2.24) is 0 Å². The zero-order valence-electron chi connectivity index (χ0n) is 14.9. The standard InChI is InChI=1S/C21H24O4/c1-20(2)8-9-21(16-7-4-13(22)10-18(16)23)12-17(20)15-6-5-14(24-3)11-19(15)25-21/h4-7,10-11,17,22-23H,8-9,12H2,1-3H3/t17-,21+/m0/s1. The molecule has 0 saturated heterocycles. The van der Waals surface area contributed by atoms with Crippen LogP contribution in [0.15, 0.2) is 36.4 Å². The van der Waals surface area contributed by atoms with Crippen molar-refractivity contribution in [2.24, 2.45) is 5.41 Å². The Balaban J connectivity index is 1.88. The molecule has 2 aliphatic rings. The molecule has 0 radical (unpaired) electrons. The van der Waals surface area contributed by atoms with Crippen LogP contribution in [0.2, 0.25) is 0 Å². The highest BCUT2D eigenvalue weighted by atomic mass is 16.5. The van der Waals surface area contributed by atoms with E-state index in [1.807, 2.05) is 12.1 Å². The summed E-state index contributed by atoms with van der Waals surface area (Å²) < 4.78 is 11.9. The molecular weight excluding hydrogens is 316 g/mol. The van der Waals surface area contributed by atoms with E-state index < -0.39 is 5.60 Å². The molecule has 4 nitrogen and oxygen atoms in total. The summed E-state index contributed by atoms with van der Waals surface area (Å²) >= 11 is 0. The minimum absolute atomic E-state index is 0.0585. The molecule has 0 aromatic heterocycles. The number of fused-ring (bicyclic) bond motifs is 4. The van der Waals surface area contributed by atoms with Crippen LogP contribution in [0, 0.1) is 5.41 Å². The molecule has 2 atom stereocenters. The minimum atomic E-state index is -0.572. The lowest BCUT2D eigenvalue weighted by atomic mass is 9.59. The molecule has 0 unspecified atom stereocenters. The molecule has 1 fully saturated rings. The summed E-state index contributed by atoms with van der Waals surface area (Å²) in [6, 6.07) is 10.8. The first-order valence-electron chi connectivity index (χ1n) is 8.74. The van der Waals surface area contributed by atoms with Gasteiger partial charge < -0.3 is 19.7 Å². The smallest absolute Gasteiger partial charge is 0.138 e. The SMILES string of the molecule is COc1ccc2c(c1)O[C@]1(c3ccc(O)cc3O)CCC(C)(C)[C@H]2C1. The Morgan fingerprint density at radius 1 is 1.08 bits per heavy atom.